The van der Waals surface area contributed by atoms with E-state index in [0.29, 0.717) is 17.0 Å². The summed E-state index contributed by atoms with van der Waals surface area (Å²) in [5.41, 5.74) is 0.737. The molecule has 1 unspecified atom stereocenters. The largest absolute Gasteiger partial charge is 0.507 e. The fourth-order valence-electron chi connectivity index (χ4n) is 3.90. The second-order valence-corrected chi connectivity index (χ2v) is 8.71. The van der Waals surface area contributed by atoms with Crippen molar-refractivity contribution in [3.63, 3.8) is 0 Å². The average molecular weight is 511 g/mol. The van der Waals surface area contributed by atoms with Crippen molar-refractivity contribution >= 4 is 39.9 Å². The summed E-state index contributed by atoms with van der Waals surface area (Å²) in [5, 5.41) is 21.4. The van der Waals surface area contributed by atoms with Gasteiger partial charge in [0.05, 0.1) is 38.6 Å². The number of thiazole rings is 1. The van der Waals surface area contributed by atoms with Crippen LogP contribution in [-0.4, -0.2) is 54.2 Å². The number of aliphatic hydroxyl groups is 1. The van der Waals surface area contributed by atoms with Gasteiger partial charge in [-0.1, -0.05) is 29.5 Å². The Labute approximate surface area is 210 Å². The number of Topliss-reactive ketones (excluding diaryl/α,β-unsaturated/α-hetero) is 1. The number of esters is 1. The van der Waals surface area contributed by atoms with E-state index >= 15 is 0 Å². The first kappa shape index (κ1) is 24.7. The van der Waals surface area contributed by atoms with Crippen molar-refractivity contribution in [2.24, 2.45) is 0 Å². The zero-order valence-electron chi connectivity index (χ0n) is 19.8. The third-order valence-electron chi connectivity index (χ3n) is 5.67. The van der Waals surface area contributed by atoms with E-state index in [0.717, 1.165) is 16.2 Å². The molecule has 1 atom stereocenters. The monoisotopic (exact) mass is 510 g/mol. The molecule has 2 heterocycles. The molecule has 0 spiro atoms. The maximum atomic E-state index is 13.3. The second-order valence-electron chi connectivity index (χ2n) is 7.73. The van der Waals surface area contributed by atoms with Gasteiger partial charge in [-0.15, -0.1) is 0 Å². The SMILES string of the molecule is COC(=O)c1sc(N2C(=O)C(=O)/C(=C(/O)c3cccc(OC)c3)C2c2ccc(O)c(OC)c2)nc1C. The van der Waals surface area contributed by atoms with Crippen LogP contribution in [0, 0.1) is 6.92 Å². The number of hydrogen-bond acceptors (Lipinski definition) is 10. The predicted octanol–water partition coefficient (Wildman–Crippen LogP) is 3.59. The van der Waals surface area contributed by atoms with Gasteiger partial charge in [0, 0.05) is 5.56 Å². The molecule has 0 bridgehead atoms. The Bertz CT molecular complexity index is 1410. The Kier molecular flexibility index (Phi) is 6.67. The van der Waals surface area contributed by atoms with Crippen LogP contribution < -0.4 is 14.4 Å². The van der Waals surface area contributed by atoms with Gasteiger partial charge in [0.2, 0.25) is 0 Å². The van der Waals surface area contributed by atoms with E-state index in [1.54, 1.807) is 25.1 Å². The van der Waals surface area contributed by atoms with Gasteiger partial charge in [0.1, 0.15) is 16.4 Å². The quantitative estimate of drug-likeness (QED) is 0.221. The second kappa shape index (κ2) is 9.70. The number of hydrogen-bond donors (Lipinski definition) is 2. The minimum Gasteiger partial charge on any atom is -0.507 e. The number of aromatic nitrogens is 1. The van der Waals surface area contributed by atoms with Crippen molar-refractivity contribution in [2.45, 2.75) is 13.0 Å². The lowest BCUT2D eigenvalue weighted by molar-refractivity contribution is -0.132. The number of carbonyl (C=O) groups excluding carboxylic acids is 3. The highest BCUT2D eigenvalue weighted by Crippen LogP contribution is 2.45. The lowest BCUT2D eigenvalue weighted by Gasteiger charge is -2.23. The fourth-order valence-corrected chi connectivity index (χ4v) is 4.91. The Morgan fingerprint density at radius 1 is 1.08 bits per heavy atom. The molecule has 3 aromatic rings. The highest BCUT2D eigenvalue weighted by Gasteiger charge is 2.48. The van der Waals surface area contributed by atoms with Gasteiger partial charge >= 0.3 is 11.9 Å². The fraction of sp³-hybridized carbons (Fsp3) is 0.200. The number of ether oxygens (including phenoxy) is 3. The van der Waals surface area contributed by atoms with E-state index in [2.05, 4.69) is 4.98 Å². The lowest BCUT2D eigenvalue weighted by atomic mass is 9.95. The first-order valence-electron chi connectivity index (χ1n) is 10.6. The topological polar surface area (TPSA) is 135 Å². The van der Waals surface area contributed by atoms with Crippen molar-refractivity contribution in [3.05, 3.63) is 69.7 Å². The molecule has 2 aromatic carbocycles. The van der Waals surface area contributed by atoms with E-state index < -0.39 is 29.5 Å². The van der Waals surface area contributed by atoms with Crippen LogP contribution in [0.1, 0.15) is 32.5 Å². The van der Waals surface area contributed by atoms with Crippen LogP contribution in [-0.2, 0) is 14.3 Å². The first-order valence-corrected chi connectivity index (χ1v) is 11.4. The molecule has 1 aliphatic rings. The molecule has 0 aliphatic carbocycles. The van der Waals surface area contributed by atoms with Crippen LogP contribution in [0.3, 0.4) is 0 Å². The number of aryl methyl sites for hydroxylation is 1. The summed E-state index contributed by atoms with van der Waals surface area (Å²) in [4.78, 5) is 44.4. The number of aliphatic hydroxyl groups excluding tert-OH is 1. The van der Waals surface area contributed by atoms with Gasteiger partial charge in [-0.3, -0.25) is 14.5 Å². The zero-order valence-corrected chi connectivity index (χ0v) is 20.6. The summed E-state index contributed by atoms with van der Waals surface area (Å²) < 4.78 is 15.2. The molecule has 1 saturated heterocycles. The van der Waals surface area contributed by atoms with Crippen molar-refractivity contribution in [2.75, 3.05) is 26.2 Å². The number of ketones is 1. The zero-order chi connectivity index (χ0) is 26.1. The van der Waals surface area contributed by atoms with Crippen molar-refractivity contribution in [1.82, 2.24) is 4.98 Å². The number of phenols is 1. The van der Waals surface area contributed by atoms with E-state index in [4.69, 9.17) is 14.2 Å². The normalized spacial score (nSPS) is 16.8. The summed E-state index contributed by atoms with van der Waals surface area (Å²) >= 11 is 0.885. The molecule has 1 aliphatic heterocycles. The molecule has 0 radical (unpaired) electrons. The summed E-state index contributed by atoms with van der Waals surface area (Å²) in [7, 11) is 4.05. The Morgan fingerprint density at radius 2 is 1.83 bits per heavy atom. The van der Waals surface area contributed by atoms with Crippen molar-refractivity contribution in [1.29, 1.82) is 0 Å². The van der Waals surface area contributed by atoms with Gasteiger partial charge in [0.15, 0.2) is 16.6 Å². The highest BCUT2D eigenvalue weighted by atomic mass is 32.1. The molecule has 0 saturated carbocycles. The van der Waals surface area contributed by atoms with Gasteiger partial charge in [0.25, 0.3) is 5.78 Å². The minimum atomic E-state index is -1.14. The van der Waals surface area contributed by atoms with Gasteiger partial charge < -0.3 is 24.4 Å². The molecular formula is C25H22N2O8S. The standard InChI is InChI=1S/C25H22N2O8S/c1-12-22(24(32)35-4)36-25(26-12)27-19(13-8-9-16(28)17(11-13)34-3)18(21(30)23(27)31)20(29)14-6-5-7-15(10-14)33-2/h5-11,19,28-29H,1-4H3/b20-18+. The van der Waals surface area contributed by atoms with Crippen LogP contribution in [0.5, 0.6) is 17.2 Å². The van der Waals surface area contributed by atoms with Crippen LogP contribution in [0.15, 0.2) is 48.0 Å². The summed E-state index contributed by atoms with van der Waals surface area (Å²) in [6.07, 6.45) is 0. The lowest BCUT2D eigenvalue weighted by Crippen LogP contribution is -2.29. The number of amides is 1. The smallest absolute Gasteiger partial charge is 0.350 e. The Balaban J connectivity index is 1.97. The van der Waals surface area contributed by atoms with Gasteiger partial charge in [-0.05, 0) is 36.8 Å². The Morgan fingerprint density at radius 3 is 2.50 bits per heavy atom. The number of aromatic hydroxyl groups is 1. The minimum absolute atomic E-state index is 0.0664. The van der Waals surface area contributed by atoms with Gasteiger partial charge in [-0.2, -0.15) is 0 Å². The van der Waals surface area contributed by atoms with Crippen LogP contribution in [0.4, 0.5) is 5.13 Å². The molecule has 2 N–H and O–H groups in total. The molecule has 1 amide bonds. The summed E-state index contributed by atoms with van der Waals surface area (Å²) in [6.45, 7) is 1.58. The number of benzene rings is 2. The molecule has 10 nitrogen and oxygen atoms in total. The van der Waals surface area contributed by atoms with Crippen molar-refractivity contribution < 1.29 is 38.8 Å². The van der Waals surface area contributed by atoms with E-state index in [-0.39, 0.29) is 32.6 Å². The van der Waals surface area contributed by atoms with Crippen LogP contribution in [0.2, 0.25) is 0 Å². The van der Waals surface area contributed by atoms with E-state index in [1.165, 1.54) is 45.6 Å². The number of rotatable bonds is 6. The van der Waals surface area contributed by atoms with E-state index in [1.807, 2.05) is 0 Å². The third-order valence-corrected chi connectivity index (χ3v) is 6.81. The maximum absolute atomic E-state index is 13.3. The van der Waals surface area contributed by atoms with E-state index in [9.17, 15) is 24.6 Å². The molecule has 4 rings (SSSR count). The molecular weight excluding hydrogens is 488 g/mol. The number of anilines is 1. The molecule has 1 fully saturated rings. The number of methoxy groups -OCH3 is 3. The van der Waals surface area contributed by atoms with Crippen LogP contribution >= 0.6 is 11.3 Å². The molecule has 1 aromatic heterocycles. The van der Waals surface area contributed by atoms with Gasteiger partial charge in [-0.25, -0.2) is 9.78 Å². The number of nitrogens with zero attached hydrogens (tertiary/aromatic N) is 2. The molecule has 11 heteroatoms. The predicted molar refractivity (Wildman–Crippen MR) is 131 cm³/mol. The first-order chi connectivity index (χ1) is 17.2. The summed E-state index contributed by atoms with van der Waals surface area (Å²) in [6, 6.07) is 9.58. The average Bonchev–Trinajstić information content (AvgIpc) is 3.40. The number of carbonyl (C=O) groups is 3. The summed E-state index contributed by atoms with van der Waals surface area (Å²) in [5.74, 6) is -2.55. The third kappa shape index (κ3) is 4.13. The highest BCUT2D eigenvalue weighted by molar-refractivity contribution is 7.17. The molecule has 186 valence electrons. The Hall–Kier alpha value is -4.38. The van der Waals surface area contributed by atoms with Crippen molar-refractivity contribution in [3.8, 4) is 17.2 Å². The van der Waals surface area contributed by atoms with Crippen LogP contribution in [0.25, 0.3) is 5.76 Å². The maximum Gasteiger partial charge on any atom is 0.350 e. The number of phenolic OH excluding ortho intramolecular Hbond substituents is 1. The molecule has 36 heavy (non-hydrogen) atoms.